The Kier molecular flexibility index (Phi) is 3.26. The molecule has 1 aliphatic carbocycles. The SMILES string of the molecule is O=C(N1CCOc2ccccc21)C1(c2ccc([N+](=O)[O-])cc2)CC1. The third-order valence-corrected chi connectivity index (χ3v) is 4.76. The van der Waals surface area contributed by atoms with Gasteiger partial charge in [-0.3, -0.25) is 14.9 Å². The van der Waals surface area contributed by atoms with E-state index >= 15 is 0 Å². The minimum absolute atomic E-state index is 0.0405. The molecule has 0 N–H and O–H groups in total. The number of hydrogen-bond donors (Lipinski definition) is 0. The summed E-state index contributed by atoms with van der Waals surface area (Å²) in [6.07, 6.45) is 1.53. The number of amides is 1. The molecule has 0 saturated heterocycles. The Balaban J connectivity index is 1.66. The zero-order chi connectivity index (χ0) is 16.7. The van der Waals surface area contributed by atoms with Crippen LogP contribution in [0.4, 0.5) is 11.4 Å². The molecule has 1 aliphatic heterocycles. The molecule has 1 saturated carbocycles. The molecule has 6 heteroatoms. The van der Waals surface area contributed by atoms with Crippen molar-refractivity contribution >= 4 is 17.3 Å². The third-order valence-electron chi connectivity index (χ3n) is 4.76. The van der Waals surface area contributed by atoms with E-state index in [0.29, 0.717) is 13.2 Å². The van der Waals surface area contributed by atoms with Crippen molar-refractivity contribution in [3.05, 3.63) is 64.2 Å². The molecule has 2 aromatic carbocycles. The highest BCUT2D eigenvalue weighted by molar-refractivity contribution is 6.04. The van der Waals surface area contributed by atoms with Crippen molar-refractivity contribution in [1.29, 1.82) is 0 Å². The van der Waals surface area contributed by atoms with Crippen LogP contribution in [0.1, 0.15) is 18.4 Å². The van der Waals surface area contributed by atoms with Crippen molar-refractivity contribution in [2.24, 2.45) is 0 Å². The van der Waals surface area contributed by atoms with Crippen LogP contribution in [0.2, 0.25) is 0 Å². The maximum Gasteiger partial charge on any atom is 0.269 e. The lowest BCUT2D eigenvalue weighted by Gasteiger charge is -2.32. The number of carbonyl (C=O) groups is 1. The molecule has 4 rings (SSSR count). The van der Waals surface area contributed by atoms with E-state index in [9.17, 15) is 14.9 Å². The maximum atomic E-state index is 13.2. The fraction of sp³-hybridized carbons (Fsp3) is 0.278. The standard InChI is InChI=1S/C18H16N2O4/c21-17(19-11-12-24-16-4-2-1-3-15(16)19)18(9-10-18)13-5-7-14(8-6-13)20(22)23/h1-8H,9-12H2. The van der Waals surface area contributed by atoms with E-state index in [0.717, 1.165) is 29.8 Å². The van der Waals surface area contributed by atoms with Gasteiger partial charge >= 0.3 is 0 Å². The number of nitro groups is 1. The van der Waals surface area contributed by atoms with Crippen molar-refractivity contribution in [3.63, 3.8) is 0 Å². The molecule has 0 unspecified atom stereocenters. The number of anilines is 1. The van der Waals surface area contributed by atoms with Gasteiger partial charge in [-0.05, 0) is 30.5 Å². The largest absolute Gasteiger partial charge is 0.490 e. The lowest BCUT2D eigenvalue weighted by Crippen LogP contribution is -2.43. The number of benzene rings is 2. The lowest BCUT2D eigenvalue weighted by molar-refractivity contribution is -0.384. The van der Waals surface area contributed by atoms with Gasteiger partial charge in [0.05, 0.1) is 22.6 Å². The second-order valence-corrected chi connectivity index (χ2v) is 6.16. The number of nitrogens with zero attached hydrogens (tertiary/aromatic N) is 2. The average Bonchev–Trinajstić information content (AvgIpc) is 3.42. The second kappa shape index (κ2) is 5.33. The first-order valence-corrected chi connectivity index (χ1v) is 7.90. The number of nitro benzene ring substituents is 1. The van der Waals surface area contributed by atoms with E-state index < -0.39 is 10.3 Å². The zero-order valence-corrected chi connectivity index (χ0v) is 13.0. The summed E-state index contributed by atoms with van der Waals surface area (Å²) in [7, 11) is 0. The quantitative estimate of drug-likeness (QED) is 0.642. The minimum atomic E-state index is -0.556. The van der Waals surface area contributed by atoms with Crippen LogP contribution in [-0.2, 0) is 10.2 Å². The van der Waals surface area contributed by atoms with Crippen LogP contribution in [0.25, 0.3) is 0 Å². The first-order chi connectivity index (χ1) is 11.6. The Morgan fingerprint density at radius 3 is 2.50 bits per heavy atom. The Hall–Kier alpha value is -2.89. The van der Waals surface area contributed by atoms with Crippen LogP contribution in [-0.4, -0.2) is 24.0 Å². The summed E-state index contributed by atoms with van der Waals surface area (Å²) in [6.45, 7) is 0.990. The predicted octanol–water partition coefficient (Wildman–Crippen LogP) is 3.05. The smallest absolute Gasteiger partial charge is 0.269 e. The van der Waals surface area contributed by atoms with Gasteiger partial charge in [0.2, 0.25) is 5.91 Å². The molecule has 1 amide bonds. The van der Waals surface area contributed by atoms with E-state index in [1.807, 2.05) is 24.3 Å². The third kappa shape index (κ3) is 2.22. The van der Waals surface area contributed by atoms with Crippen LogP contribution in [0, 0.1) is 10.1 Å². The van der Waals surface area contributed by atoms with Gasteiger partial charge in [-0.2, -0.15) is 0 Å². The van der Waals surface area contributed by atoms with Gasteiger partial charge < -0.3 is 9.64 Å². The number of fused-ring (bicyclic) bond motifs is 1. The first-order valence-electron chi connectivity index (χ1n) is 7.90. The molecule has 0 radical (unpaired) electrons. The Morgan fingerprint density at radius 2 is 1.83 bits per heavy atom. The van der Waals surface area contributed by atoms with Gasteiger partial charge in [0.15, 0.2) is 0 Å². The maximum absolute atomic E-state index is 13.2. The Morgan fingerprint density at radius 1 is 1.12 bits per heavy atom. The van der Waals surface area contributed by atoms with Gasteiger partial charge in [-0.15, -0.1) is 0 Å². The highest BCUT2D eigenvalue weighted by Gasteiger charge is 2.53. The summed E-state index contributed by atoms with van der Waals surface area (Å²) < 4.78 is 5.62. The topological polar surface area (TPSA) is 72.7 Å². The summed E-state index contributed by atoms with van der Waals surface area (Å²) in [5.74, 6) is 0.767. The van der Waals surface area contributed by atoms with Gasteiger partial charge in [0.1, 0.15) is 12.4 Å². The van der Waals surface area contributed by atoms with E-state index in [4.69, 9.17) is 4.74 Å². The summed E-state index contributed by atoms with van der Waals surface area (Å²) in [6, 6.07) is 13.9. The average molecular weight is 324 g/mol. The van der Waals surface area contributed by atoms with Crippen LogP contribution < -0.4 is 9.64 Å². The van der Waals surface area contributed by atoms with Crippen LogP contribution in [0.3, 0.4) is 0 Å². The molecule has 24 heavy (non-hydrogen) atoms. The van der Waals surface area contributed by atoms with Gasteiger partial charge in [0, 0.05) is 12.1 Å². The van der Waals surface area contributed by atoms with E-state index in [1.165, 1.54) is 12.1 Å². The van der Waals surface area contributed by atoms with Gasteiger partial charge in [-0.1, -0.05) is 24.3 Å². The van der Waals surface area contributed by atoms with E-state index in [1.54, 1.807) is 17.0 Å². The van der Waals surface area contributed by atoms with Crippen LogP contribution >= 0.6 is 0 Å². The monoisotopic (exact) mass is 324 g/mol. The Labute approximate surface area is 138 Å². The van der Waals surface area contributed by atoms with Crippen molar-refractivity contribution in [2.75, 3.05) is 18.1 Å². The number of hydrogen-bond acceptors (Lipinski definition) is 4. The Bertz CT molecular complexity index is 812. The molecule has 0 bridgehead atoms. The first kappa shape index (κ1) is 14.7. The molecule has 122 valence electrons. The predicted molar refractivity (Wildman–Crippen MR) is 88.3 cm³/mol. The summed E-state index contributed by atoms with van der Waals surface area (Å²) >= 11 is 0. The zero-order valence-electron chi connectivity index (χ0n) is 13.0. The molecule has 1 fully saturated rings. The van der Waals surface area contributed by atoms with E-state index in [2.05, 4.69) is 0 Å². The van der Waals surface area contributed by atoms with Crippen molar-refractivity contribution in [3.8, 4) is 5.75 Å². The number of para-hydroxylation sites is 2. The van der Waals surface area contributed by atoms with Crippen LogP contribution in [0.15, 0.2) is 48.5 Å². The molecule has 0 aromatic heterocycles. The molecule has 2 aliphatic rings. The molecular formula is C18H16N2O4. The van der Waals surface area contributed by atoms with Crippen molar-refractivity contribution < 1.29 is 14.5 Å². The molecule has 1 heterocycles. The van der Waals surface area contributed by atoms with Crippen molar-refractivity contribution in [1.82, 2.24) is 0 Å². The number of non-ortho nitro benzene ring substituents is 1. The lowest BCUT2D eigenvalue weighted by atomic mass is 9.93. The molecule has 0 spiro atoms. The normalized spacial score (nSPS) is 17.6. The highest BCUT2D eigenvalue weighted by atomic mass is 16.6. The fourth-order valence-electron chi connectivity index (χ4n) is 3.29. The number of carbonyl (C=O) groups excluding carboxylic acids is 1. The molecule has 6 nitrogen and oxygen atoms in total. The highest BCUT2D eigenvalue weighted by Crippen LogP contribution is 2.51. The summed E-state index contributed by atoms with van der Waals surface area (Å²) in [5, 5.41) is 10.8. The summed E-state index contributed by atoms with van der Waals surface area (Å²) in [4.78, 5) is 25.4. The molecule has 0 atom stereocenters. The number of rotatable bonds is 3. The fourth-order valence-corrected chi connectivity index (χ4v) is 3.29. The van der Waals surface area contributed by atoms with Gasteiger partial charge in [-0.25, -0.2) is 0 Å². The van der Waals surface area contributed by atoms with Crippen LogP contribution in [0.5, 0.6) is 5.75 Å². The van der Waals surface area contributed by atoms with Gasteiger partial charge in [0.25, 0.3) is 5.69 Å². The molecular weight excluding hydrogens is 308 g/mol. The number of ether oxygens (including phenoxy) is 1. The van der Waals surface area contributed by atoms with Crippen molar-refractivity contribution in [2.45, 2.75) is 18.3 Å². The second-order valence-electron chi connectivity index (χ2n) is 6.16. The minimum Gasteiger partial charge on any atom is -0.490 e. The molecule has 2 aromatic rings. The van der Waals surface area contributed by atoms with E-state index in [-0.39, 0.29) is 11.6 Å². The summed E-state index contributed by atoms with van der Waals surface area (Å²) in [5.41, 5.74) is 1.13.